The van der Waals surface area contributed by atoms with E-state index in [1.807, 2.05) is 4.90 Å². The molecule has 1 fully saturated rings. The molecule has 0 bridgehead atoms. The molecule has 0 radical (unpaired) electrons. The second kappa shape index (κ2) is 7.26. The molecule has 1 aromatic carbocycles. The highest BCUT2D eigenvalue weighted by Gasteiger charge is 2.38. The number of aryl methyl sites for hydroxylation is 1. The van der Waals surface area contributed by atoms with Crippen LogP contribution in [-0.4, -0.2) is 28.7 Å². The molecule has 3 rings (SSSR count). The summed E-state index contributed by atoms with van der Waals surface area (Å²) in [5.74, 6) is -0.553. The van der Waals surface area contributed by atoms with Gasteiger partial charge in [0.2, 0.25) is 0 Å². The van der Waals surface area contributed by atoms with Crippen LogP contribution in [0.4, 0.5) is 17.6 Å². The fraction of sp³-hybridized carbons (Fsp3) is 0.550. The lowest BCUT2D eigenvalue weighted by Gasteiger charge is -2.29. The van der Waals surface area contributed by atoms with E-state index in [9.17, 15) is 22.4 Å². The highest BCUT2D eigenvalue weighted by atomic mass is 19.4. The van der Waals surface area contributed by atoms with Crippen molar-refractivity contribution in [2.75, 3.05) is 13.1 Å². The van der Waals surface area contributed by atoms with Gasteiger partial charge in [-0.3, -0.25) is 9.69 Å². The molecule has 1 aliphatic heterocycles. The van der Waals surface area contributed by atoms with Gasteiger partial charge in [0.25, 0.3) is 5.56 Å². The van der Waals surface area contributed by atoms with Gasteiger partial charge >= 0.3 is 6.18 Å². The fourth-order valence-corrected chi connectivity index (χ4v) is 3.96. The lowest BCUT2D eigenvalue weighted by molar-refractivity contribution is -0.137. The smallest absolute Gasteiger partial charge is 0.311 e. The molecule has 0 amide bonds. The average molecular weight is 384 g/mol. The van der Waals surface area contributed by atoms with Gasteiger partial charge in [-0.2, -0.15) is 13.2 Å². The van der Waals surface area contributed by atoms with Gasteiger partial charge in [-0.05, 0) is 43.0 Å². The number of fused-ring (bicyclic) bond motifs is 1. The van der Waals surface area contributed by atoms with Gasteiger partial charge in [0, 0.05) is 31.1 Å². The maximum Gasteiger partial charge on any atom is 0.417 e. The van der Waals surface area contributed by atoms with E-state index in [2.05, 4.69) is 0 Å². The van der Waals surface area contributed by atoms with Crippen LogP contribution in [0.5, 0.6) is 0 Å². The Balaban J connectivity index is 2.16. The summed E-state index contributed by atoms with van der Waals surface area (Å²) >= 11 is 0. The number of hydrogen-bond acceptors (Lipinski definition) is 2. The van der Waals surface area contributed by atoms with Crippen LogP contribution in [0.3, 0.4) is 0 Å². The zero-order chi connectivity index (χ0) is 19.9. The Bertz CT molecular complexity index is 901. The molecule has 3 nitrogen and oxygen atoms in total. The van der Waals surface area contributed by atoms with Crippen LogP contribution in [-0.2, 0) is 19.8 Å². The van der Waals surface area contributed by atoms with E-state index in [1.54, 1.807) is 26.0 Å². The van der Waals surface area contributed by atoms with E-state index in [1.165, 1.54) is 17.7 Å². The zero-order valence-electron chi connectivity index (χ0n) is 15.7. The van der Waals surface area contributed by atoms with Crippen molar-refractivity contribution in [3.8, 4) is 0 Å². The third-order valence-corrected chi connectivity index (χ3v) is 5.21. The van der Waals surface area contributed by atoms with E-state index < -0.39 is 29.4 Å². The van der Waals surface area contributed by atoms with E-state index >= 15 is 0 Å². The fourth-order valence-electron chi connectivity index (χ4n) is 3.96. The summed E-state index contributed by atoms with van der Waals surface area (Å²) in [4.78, 5) is 14.5. The highest BCUT2D eigenvalue weighted by molar-refractivity contribution is 5.85. The quantitative estimate of drug-likeness (QED) is 0.722. The van der Waals surface area contributed by atoms with Crippen molar-refractivity contribution in [1.82, 2.24) is 9.47 Å². The van der Waals surface area contributed by atoms with Crippen LogP contribution in [0.15, 0.2) is 23.0 Å². The maximum absolute atomic E-state index is 13.9. The van der Waals surface area contributed by atoms with Crippen LogP contribution in [0.25, 0.3) is 10.9 Å². The third-order valence-electron chi connectivity index (χ3n) is 5.21. The number of hydrogen-bond donors (Lipinski definition) is 0. The van der Waals surface area contributed by atoms with Gasteiger partial charge in [0.05, 0.1) is 11.1 Å². The summed E-state index contributed by atoms with van der Waals surface area (Å²) < 4.78 is 56.6. The Labute approximate surface area is 155 Å². The van der Waals surface area contributed by atoms with Crippen molar-refractivity contribution in [3.63, 3.8) is 0 Å². The largest absolute Gasteiger partial charge is 0.417 e. The summed E-state index contributed by atoms with van der Waals surface area (Å²) in [6.45, 7) is 4.62. The molecule has 1 aromatic heterocycles. The first kappa shape index (κ1) is 19.9. The number of piperidine rings is 1. The predicted octanol–water partition coefficient (Wildman–Crippen LogP) is 4.61. The molecule has 2 heterocycles. The summed E-state index contributed by atoms with van der Waals surface area (Å²) in [5, 5.41) is 0.0274. The van der Waals surface area contributed by atoms with Crippen LogP contribution >= 0.6 is 0 Å². The standard InChI is InChI=1S/C20H24F4N2O/c1-12(2)17-18(20(22,23)24)15-9-13(6-7-16(15)25(3)19(17)27)10-26-8-4-5-14(21)11-26/h6-7,9,12,14H,4-5,8,10-11H2,1-3H3. The number of alkyl halides is 4. The van der Waals surface area contributed by atoms with Gasteiger partial charge in [-0.15, -0.1) is 0 Å². The second-order valence-corrected chi connectivity index (χ2v) is 7.63. The number of aromatic nitrogens is 1. The number of benzene rings is 1. The number of likely N-dealkylation sites (tertiary alicyclic amines) is 1. The molecule has 2 aromatic rings. The molecular weight excluding hydrogens is 360 g/mol. The summed E-state index contributed by atoms with van der Waals surface area (Å²) in [7, 11) is 1.49. The maximum atomic E-state index is 13.9. The van der Waals surface area contributed by atoms with Crippen molar-refractivity contribution in [1.29, 1.82) is 0 Å². The van der Waals surface area contributed by atoms with Crippen molar-refractivity contribution < 1.29 is 17.6 Å². The first-order valence-corrected chi connectivity index (χ1v) is 9.18. The van der Waals surface area contributed by atoms with E-state index in [0.29, 0.717) is 25.1 Å². The Morgan fingerprint density at radius 2 is 1.96 bits per heavy atom. The SMILES string of the molecule is CC(C)c1c(C(F)(F)F)c2cc(CN3CCCC(F)C3)ccc2n(C)c1=O. The molecule has 0 aliphatic carbocycles. The van der Waals surface area contributed by atoms with Crippen molar-refractivity contribution in [2.24, 2.45) is 7.05 Å². The lowest BCUT2D eigenvalue weighted by Crippen LogP contribution is -2.35. The average Bonchev–Trinajstić information content (AvgIpc) is 2.56. The first-order valence-electron chi connectivity index (χ1n) is 9.18. The van der Waals surface area contributed by atoms with Gasteiger partial charge in [0.1, 0.15) is 6.17 Å². The van der Waals surface area contributed by atoms with Gasteiger partial charge < -0.3 is 4.57 Å². The van der Waals surface area contributed by atoms with Crippen LogP contribution in [0.2, 0.25) is 0 Å². The van der Waals surface area contributed by atoms with Gasteiger partial charge in [-0.25, -0.2) is 4.39 Å². The van der Waals surface area contributed by atoms with Crippen molar-refractivity contribution >= 4 is 10.9 Å². The summed E-state index contributed by atoms with van der Waals surface area (Å²) in [5.41, 5.74) is -0.734. The Morgan fingerprint density at radius 1 is 1.26 bits per heavy atom. The minimum absolute atomic E-state index is 0.0274. The number of nitrogens with zero attached hydrogens (tertiary/aromatic N) is 2. The van der Waals surface area contributed by atoms with Gasteiger partial charge in [-0.1, -0.05) is 19.9 Å². The third kappa shape index (κ3) is 3.88. The molecule has 1 atom stereocenters. The van der Waals surface area contributed by atoms with E-state index in [0.717, 1.165) is 13.0 Å². The van der Waals surface area contributed by atoms with E-state index in [-0.39, 0.29) is 16.5 Å². The molecule has 0 saturated carbocycles. The van der Waals surface area contributed by atoms with Crippen LogP contribution < -0.4 is 5.56 Å². The monoisotopic (exact) mass is 384 g/mol. The molecule has 1 aliphatic rings. The Morgan fingerprint density at radius 3 is 2.56 bits per heavy atom. The van der Waals surface area contributed by atoms with Crippen molar-refractivity contribution in [3.05, 3.63) is 45.2 Å². The number of rotatable bonds is 3. The first-order chi connectivity index (χ1) is 12.6. The normalized spacial score (nSPS) is 19.2. The summed E-state index contributed by atoms with van der Waals surface area (Å²) in [6, 6.07) is 4.78. The Kier molecular flexibility index (Phi) is 5.34. The van der Waals surface area contributed by atoms with Crippen LogP contribution in [0, 0.1) is 0 Å². The van der Waals surface area contributed by atoms with Gasteiger partial charge in [0.15, 0.2) is 0 Å². The van der Waals surface area contributed by atoms with E-state index in [4.69, 9.17) is 0 Å². The Hall–Kier alpha value is -1.89. The number of halogens is 4. The minimum atomic E-state index is -4.63. The second-order valence-electron chi connectivity index (χ2n) is 7.63. The highest BCUT2D eigenvalue weighted by Crippen LogP contribution is 2.38. The molecule has 0 N–H and O–H groups in total. The minimum Gasteiger partial charge on any atom is -0.311 e. The number of pyridine rings is 1. The molecule has 1 saturated heterocycles. The summed E-state index contributed by atoms with van der Waals surface area (Å²) in [6.07, 6.45) is -4.24. The van der Waals surface area contributed by atoms with Crippen molar-refractivity contribution in [2.45, 2.75) is 51.5 Å². The molecule has 1 unspecified atom stereocenters. The molecule has 27 heavy (non-hydrogen) atoms. The molecular formula is C20H24F4N2O. The molecule has 148 valence electrons. The zero-order valence-corrected chi connectivity index (χ0v) is 15.7. The molecule has 7 heteroatoms. The topological polar surface area (TPSA) is 25.2 Å². The van der Waals surface area contributed by atoms with Crippen LogP contribution in [0.1, 0.15) is 49.3 Å². The lowest BCUT2D eigenvalue weighted by atomic mass is 9.93. The molecule has 0 spiro atoms. The predicted molar refractivity (Wildman–Crippen MR) is 97.7 cm³/mol.